The second kappa shape index (κ2) is 4.12. The van der Waals surface area contributed by atoms with Crippen molar-refractivity contribution in [3.05, 3.63) is 30.3 Å². The molecule has 0 radical (unpaired) electrons. The molecule has 0 N–H and O–H groups in total. The van der Waals surface area contributed by atoms with Crippen molar-refractivity contribution in [1.29, 1.82) is 0 Å². The van der Waals surface area contributed by atoms with Crippen molar-refractivity contribution in [2.45, 2.75) is 37.3 Å². The molecule has 0 aliphatic heterocycles. The van der Waals surface area contributed by atoms with E-state index >= 15 is 0 Å². The van der Waals surface area contributed by atoms with E-state index in [1.807, 2.05) is 18.2 Å². The molecule has 0 saturated heterocycles. The first-order chi connectivity index (χ1) is 8.51. The van der Waals surface area contributed by atoms with Gasteiger partial charge in [0.15, 0.2) is 0 Å². The first kappa shape index (κ1) is 12.3. The van der Waals surface area contributed by atoms with Gasteiger partial charge in [-0.1, -0.05) is 39.0 Å². The molecule has 1 aromatic carbocycles. The number of carbonyl (C=O) groups is 1. The minimum Gasteiger partial charge on any atom is -0.298 e. The lowest BCUT2D eigenvalue weighted by molar-refractivity contribution is -0.154. The molecule has 0 unspecified atom stereocenters. The average molecular weight is 260 g/mol. The summed E-state index contributed by atoms with van der Waals surface area (Å²) < 4.78 is 0. The van der Waals surface area contributed by atoms with E-state index in [4.69, 9.17) is 0 Å². The Morgan fingerprint density at radius 2 is 1.89 bits per heavy atom. The molecule has 3 fully saturated rings. The molecular weight excluding hydrogens is 240 g/mol. The maximum absolute atomic E-state index is 12.6. The number of ketones is 1. The second-order valence-corrected chi connectivity index (χ2v) is 7.54. The quantitative estimate of drug-likeness (QED) is 0.798. The van der Waals surface area contributed by atoms with E-state index in [1.165, 1.54) is 4.90 Å². The smallest absolute Gasteiger partial charge is 0.150 e. The van der Waals surface area contributed by atoms with Crippen LogP contribution in [0.5, 0.6) is 0 Å². The van der Waals surface area contributed by atoms with Gasteiger partial charge < -0.3 is 0 Å². The van der Waals surface area contributed by atoms with Crippen molar-refractivity contribution in [1.82, 2.24) is 0 Å². The predicted molar refractivity (Wildman–Crippen MR) is 75.6 cm³/mol. The van der Waals surface area contributed by atoms with Crippen molar-refractivity contribution < 1.29 is 4.79 Å². The first-order valence-electron chi connectivity index (χ1n) is 6.77. The summed E-state index contributed by atoms with van der Waals surface area (Å²) in [5.74, 6) is 2.02. The number of fused-ring (bicyclic) bond motifs is 2. The van der Waals surface area contributed by atoms with E-state index in [9.17, 15) is 4.79 Å². The normalized spacial score (nSPS) is 37.2. The van der Waals surface area contributed by atoms with Crippen molar-refractivity contribution >= 4 is 17.5 Å². The molecule has 1 nitrogen and oxygen atoms in total. The summed E-state index contributed by atoms with van der Waals surface area (Å²) in [6.45, 7) is 6.80. The summed E-state index contributed by atoms with van der Waals surface area (Å²) >= 11 is 1.77. The van der Waals surface area contributed by atoms with Gasteiger partial charge >= 0.3 is 0 Å². The largest absolute Gasteiger partial charge is 0.298 e. The minimum atomic E-state index is 0.171. The maximum atomic E-state index is 12.6. The van der Waals surface area contributed by atoms with Gasteiger partial charge in [0.1, 0.15) is 5.78 Å². The molecule has 2 bridgehead atoms. The Morgan fingerprint density at radius 3 is 2.44 bits per heavy atom. The molecule has 1 aromatic rings. The van der Waals surface area contributed by atoms with Crippen LogP contribution in [0.2, 0.25) is 0 Å². The summed E-state index contributed by atoms with van der Waals surface area (Å²) in [4.78, 5) is 13.8. The van der Waals surface area contributed by atoms with Crippen molar-refractivity contribution in [3.8, 4) is 0 Å². The van der Waals surface area contributed by atoms with Gasteiger partial charge in [-0.15, -0.1) is 11.8 Å². The Kier molecular flexibility index (Phi) is 2.81. The fourth-order valence-corrected chi connectivity index (χ4v) is 5.11. The van der Waals surface area contributed by atoms with E-state index < -0.39 is 0 Å². The molecule has 18 heavy (non-hydrogen) atoms. The van der Waals surface area contributed by atoms with E-state index in [0.717, 1.165) is 12.3 Å². The SMILES string of the molecule is C[C@@H]1[C@H](Sc2ccccc2)C(=O)[C@@H]2C[C@H]1C2(C)C. The molecule has 0 heterocycles. The van der Waals surface area contributed by atoms with E-state index in [-0.39, 0.29) is 10.7 Å². The highest BCUT2D eigenvalue weighted by Gasteiger charge is 2.61. The number of thioether (sulfide) groups is 1. The molecule has 0 spiro atoms. The van der Waals surface area contributed by atoms with Crippen LogP contribution < -0.4 is 0 Å². The topological polar surface area (TPSA) is 17.1 Å². The van der Waals surface area contributed by atoms with Crippen LogP contribution in [0.25, 0.3) is 0 Å². The summed E-state index contributed by atoms with van der Waals surface area (Å²) in [6, 6.07) is 10.3. The molecule has 3 aliphatic carbocycles. The van der Waals surface area contributed by atoms with Crippen LogP contribution in [0, 0.1) is 23.2 Å². The van der Waals surface area contributed by atoms with E-state index in [0.29, 0.717) is 17.6 Å². The number of rotatable bonds is 2. The third-order valence-corrected chi connectivity index (χ3v) is 6.55. The van der Waals surface area contributed by atoms with Crippen LogP contribution in [0.4, 0.5) is 0 Å². The van der Waals surface area contributed by atoms with Crippen LogP contribution in [-0.4, -0.2) is 11.0 Å². The van der Waals surface area contributed by atoms with Crippen LogP contribution in [0.1, 0.15) is 27.2 Å². The summed E-state index contributed by atoms with van der Waals surface area (Å²) in [6.07, 6.45) is 1.12. The number of Topliss-reactive ketones (excluding diaryl/α,β-unsaturated/α-hetero) is 1. The highest BCUT2D eigenvalue weighted by Crippen LogP contribution is 2.62. The third-order valence-electron chi connectivity index (χ3n) is 5.09. The lowest BCUT2D eigenvalue weighted by atomic mass is 9.45. The Balaban J connectivity index is 1.81. The predicted octanol–water partition coefficient (Wildman–Crippen LogP) is 4.03. The molecule has 3 aliphatic rings. The third kappa shape index (κ3) is 1.65. The van der Waals surface area contributed by atoms with Crippen LogP contribution in [-0.2, 0) is 4.79 Å². The molecule has 0 aromatic heterocycles. The Labute approximate surface area is 113 Å². The Morgan fingerprint density at radius 1 is 1.22 bits per heavy atom. The van der Waals surface area contributed by atoms with E-state index in [1.54, 1.807) is 11.8 Å². The van der Waals surface area contributed by atoms with Gasteiger partial charge in [0, 0.05) is 10.8 Å². The number of benzene rings is 1. The highest BCUT2D eigenvalue weighted by molar-refractivity contribution is 8.00. The fraction of sp³-hybridized carbons (Fsp3) is 0.562. The lowest BCUT2D eigenvalue weighted by Crippen LogP contribution is -2.61. The number of carbonyl (C=O) groups excluding carboxylic acids is 1. The van der Waals surface area contributed by atoms with Crippen LogP contribution >= 0.6 is 11.8 Å². The summed E-state index contributed by atoms with van der Waals surface area (Å²) in [5, 5.41) is 0.171. The van der Waals surface area contributed by atoms with E-state index in [2.05, 4.69) is 32.9 Å². The van der Waals surface area contributed by atoms with Gasteiger partial charge in [0.25, 0.3) is 0 Å². The van der Waals surface area contributed by atoms with Gasteiger partial charge in [-0.3, -0.25) is 4.79 Å². The van der Waals surface area contributed by atoms with Gasteiger partial charge in [0.2, 0.25) is 0 Å². The summed E-state index contributed by atoms with van der Waals surface area (Å²) in [5.41, 5.74) is 0.240. The lowest BCUT2D eigenvalue weighted by Gasteiger charge is -2.60. The maximum Gasteiger partial charge on any atom is 0.150 e. The van der Waals surface area contributed by atoms with Gasteiger partial charge in [-0.05, 0) is 35.8 Å². The Hall–Kier alpha value is -0.760. The van der Waals surface area contributed by atoms with Gasteiger partial charge in [-0.2, -0.15) is 0 Å². The molecule has 3 saturated carbocycles. The number of hydrogen-bond acceptors (Lipinski definition) is 2. The molecule has 2 heteroatoms. The highest BCUT2D eigenvalue weighted by atomic mass is 32.2. The standard InChI is InChI=1S/C16H20OS/c1-10-12-9-13(16(12,2)3)14(17)15(10)18-11-7-5-4-6-8-11/h4-8,10,12-13,15H,9H2,1-3H3/t10-,12+,13-,15-/m0/s1. The number of hydrogen-bond donors (Lipinski definition) is 0. The first-order valence-corrected chi connectivity index (χ1v) is 7.65. The zero-order chi connectivity index (χ0) is 12.9. The molecule has 96 valence electrons. The van der Waals surface area contributed by atoms with Gasteiger partial charge in [-0.25, -0.2) is 0 Å². The van der Waals surface area contributed by atoms with Crippen LogP contribution in [0.15, 0.2) is 35.2 Å². The zero-order valence-electron chi connectivity index (χ0n) is 11.2. The Bertz CT molecular complexity index is 465. The van der Waals surface area contributed by atoms with Crippen molar-refractivity contribution in [2.24, 2.45) is 23.2 Å². The molecule has 4 atom stereocenters. The molecular formula is C16H20OS. The molecule has 0 amide bonds. The minimum absolute atomic E-state index is 0.171. The average Bonchev–Trinajstić information content (AvgIpc) is 2.34. The van der Waals surface area contributed by atoms with Crippen molar-refractivity contribution in [3.63, 3.8) is 0 Å². The van der Waals surface area contributed by atoms with Gasteiger partial charge in [0.05, 0.1) is 5.25 Å². The summed E-state index contributed by atoms with van der Waals surface area (Å²) in [7, 11) is 0. The zero-order valence-corrected chi connectivity index (χ0v) is 12.0. The monoisotopic (exact) mass is 260 g/mol. The second-order valence-electron chi connectivity index (χ2n) is 6.33. The molecule has 4 rings (SSSR count). The fourth-order valence-electron chi connectivity index (χ4n) is 3.81. The van der Waals surface area contributed by atoms with Crippen molar-refractivity contribution in [2.75, 3.05) is 0 Å². The van der Waals surface area contributed by atoms with Crippen LogP contribution in [0.3, 0.4) is 0 Å².